The van der Waals surface area contributed by atoms with Crippen LogP contribution in [0.15, 0.2) is 27.0 Å². The minimum absolute atomic E-state index is 0.00628. The standard InChI is InChI=1S/C30H41N11O10S3/c1-29(2,3)50-27(47)31-8-7-11-49-37-18(17-14-53-25(34-17)33-15-42)21(43)35-19-22(44)41-20(24(45)46)16(12-52-23(19)41)13-54-26-36-38-39-40(26)10-9-32-28(48)51-30(4,5)6/h14-15,19,23H,7-13H2,1-6H3,(H,31,47)(H,32,48)(H,35,43)(H,45,46)(H,33,34,42)/t19?,23-/m1/s1. The Morgan fingerprint density at radius 2 is 1.78 bits per heavy atom. The second-order valence-corrected chi connectivity index (χ2v) is 16.3. The SMILES string of the molecule is CC(C)(C)OC(=O)NCCCON=C(C(=O)NC1C(=O)N2C(C(=O)O)=C(CSc3nnnn3CCNC(=O)OC(C)(C)C)CS[C@H]12)c1csc(NC=O)n1. The fraction of sp³-hybridized carbons (Fsp3) is 0.567. The predicted molar refractivity (Wildman–Crippen MR) is 196 cm³/mol. The summed E-state index contributed by atoms with van der Waals surface area (Å²) in [6.45, 7) is 11.0. The molecule has 0 bridgehead atoms. The van der Waals surface area contributed by atoms with Crippen molar-refractivity contribution in [1.82, 2.24) is 46.0 Å². The zero-order valence-electron chi connectivity index (χ0n) is 30.2. The summed E-state index contributed by atoms with van der Waals surface area (Å²) in [5.41, 5.74) is -1.30. The second-order valence-electron chi connectivity index (χ2n) is 13.4. The van der Waals surface area contributed by atoms with Crippen molar-refractivity contribution >= 4 is 82.1 Å². The Labute approximate surface area is 321 Å². The Morgan fingerprint density at radius 3 is 2.43 bits per heavy atom. The van der Waals surface area contributed by atoms with Crippen LogP contribution in [0.4, 0.5) is 14.7 Å². The molecular weight excluding hydrogens is 771 g/mol. The van der Waals surface area contributed by atoms with E-state index in [1.165, 1.54) is 21.8 Å². The zero-order valence-corrected chi connectivity index (χ0v) is 32.7. The van der Waals surface area contributed by atoms with E-state index in [1.54, 1.807) is 41.5 Å². The molecule has 1 unspecified atom stereocenters. The van der Waals surface area contributed by atoms with Crippen molar-refractivity contribution in [1.29, 1.82) is 0 Å². The van der Waals surface area contributed by atoms with E-state index in [0.717, 1.165) is 28.0 Å². The van der Waals surface area contributed by atoms with Crippen LogP contribution in [0, 0.1) is 0 Å². The summed E-state index contributed by atoms with van der Waals surface area (Å²) < 4.78 is 11.8. The first-order valence-corrected chi connectivity index (χ1v) is 19.3. The van der Waals surface area contributed by atoms with Gasteiger partial charge >= 0.3 is 18.2 Å². The molecule has 1 saturated heterocycles. The zero-order chi connectivity index (χ0) is 39.6. The number of carboxylic acid groups (broad SMARTS) is 1. The van der Waals surface area contributed by atoms with Crippen molar-refractivity contribution in [2.45, 2.75) is 82.3 Å². The van der Waals surface area contributed by atoms with E-state index < -0.39 is 52.6 Å². The Morgan fingerprint density at radius 1 is 1.09 bits per heavy atom. The number of thioether (sulfide) groups is 2. The molecule has 0 aliphatic carbocycles. The molecular formula is C30H41N11O10S3. The molecule has 24 heteroatoms. The highest BCUT2D eigenvalue weighted by Gasteiger charge is 2.54. The van der Waals surface area contributed by atoms with Crippen LogP contribution in [-0.2, 0) is 40.0 Å². The van der Waals surface area contributed by atoms with Gasteiger partial charge < -0.3 is 40.7 Å². The first-order valence-electron chi connectivity index (χ1n) is 16.4. The number of hydrogen-bond acceptors (Lipinski definition) is 17. The fourth-order valence-electron chi connectivity index (χ4n) is 4.63. The summed E-state index contributed by atoms with van der Waals surface area (Å²) in [5.74, 6) is -2.41. The summed E-state index contributed by atoms with van der Waals surface area (Å²) in [4.78, 5) is 84.7. The van der Waals surface area contributed by atoms with Crippen LogP contribution in [0.1, 0.15) is 53.7 Å². The number of amides is 5. The van der Waals surface area contributed by atoms with Gasteiger partial charge in [-0.15, -0.1) is 28.2 Å². The first kappa shape index (κ1) is 41.8. The highest BCUT2D eigenvalue weighted by atomic mass is 32.2. The predicted octanol–water partition coefficient (Wildman–Crippen LogP) is 1.39. The molecule has 0 saturated carbocycles. The fourth-order valence-corrected chi connectivity index (χ4v) is 7.67. The Bertz CT molecular complexity index is 1780. The molecule has 2 aliphatic heterocycles. The summed E-state index contributed by atoms with van der Waals surface area (Å²) in [5, 5.41) is 37.2. The van der Waals surface area contributed by atoms with E-state index in [1.807, 2.05) is 0 Å². The topological polar surface area (TPSA) is 271 Å². The van der Waals surface area contributed by atoms with Crippen LogP contribution >= 0.6 is 34.9 Å². The van der Waals surface area contributed by atoms with Crippen molar-refractivity contribution in [3.63, 3.8) is 0 Å². The van der Waals surface area contributed by atoms with E-state index >= 15 is 0 Å². The lowest BCUT2D eigenvalue weighted by atomic mass is 10.0. The van der Waals surface area contributed by atoms with Crippen molar-refractivity contribution in [2.24, 2.45) is 5.16 Å². The number of thiazole rings is 1. The van der Waals surface area contributed by atoms with Crippen LogP contribution in [0.25, 0.3) is 0 Å². The molecule has 2 aromatic heterocycles. The number of alkyl carbamates (subject to hydrolysis) is 2. The van der Waals surface area contributed by atoms with E-state index in [4.69, 9.17) is 14.3 Å². The molecule has 0 aromatic carbocycles. The van der Waals surface area contributed by atoms with Crippen LogP contribution in [0.3, 0.4) is 0 Å². The maximum atomic E-state index is 13.5. The third kappa shape index (κ3) is 11.8. The Balaban J connectivity index is 1.37. The van der Waals surface area contributed by atoms with Gasteiger partial charge in [0.1, 0.15) is 40.6 Å². The monoisotopic (exact) mass is 811 g/mol. The maximum Gasteiger partial charge on any atom is 0.407 e. The van der Waals surface area contributed by atoms with E-state index in [9.17, 15) is 33.9 Å². The summed E-state index contributed by atoms with van der Waals surface area (Å²) in [6, 6.07) is -1.09. The van der Waals surface area contributed by atoms with Gasteiger partial charge in [0.05, 0.1) is 6.54 Å². The molecule has 0 radical (unpaired) electrons. The number of tetrazole rings is 1. The van der Waals surface area contributed by atoms with E-state index in [-0.39, 0.29) is 60.0 Å². The van der Waals surface area contributed by atoms with Crippen LogP contribution in [0.5, 0.6) is 0 Å². The van der Waals surface area contributed by atoms with Gasteiger partial charge in [-0.25, -0.2) is 24.0 Å². The molecule has 5 N–H and O–H groups in total. The van der Waals surface area contributed by atoms with Gasteiger partial charge in [-0.05, 0) is 57.5 Å². The molecule has 4 heterocycles. The average molecular weight is 812 g/mol. The summed E-state index contributed by atoms with van der Waals surface area (Å²) in [7, 11) is 0. The van der Waals surface area contributed by atoms with Crippen molar-refractivity contribution in [3.8, 4) is 0 Å². The number of carbonyl (C=O) groups excluding carboxylic acids is 5. The second kappa shape index (κ2) is 18.4. The minimum atomic E-state index is -1.32. The van der Waals surface area contributed by atoms with Crippen molar-refractivity contribution in [3.05, 3.63) is 22.3 Å². The van der Waals surface area contributed by atoms with Gasteiger partial charge in [0.2, 0.25) is 11.6 Å². The third-order valence-electron chi connectivity index (χ3n) is 6.78. The highest BCUT2D eigenvalue weighted by molar-refractivity contribution is 8.01. The van der Waals surface area contributed by atoms with E-state index in [0.29, 0.717) is 23.6 Å². The number of nitrogens with zero attached hydrogens (tertiary/aromatic N) is 7. The lowest BCUT2D eigenvalue weighted by Gasteiger charge is -2.49. The van der Waals surface area contributed by atoms with Crippen LogP contribution < -0.4 is 21.3 Å². The quantitative estimate of drug-likeness (QED) is 0.0377. The number of rotatable bonds is 17. The number of carbonyl (C=O) groups is 6. The highest BCUT2D eigenvalue weighted by Crippen LogP contribution is 2.41. The Kier molecular flexibility index (Phi) is 14.2. The average Bonchev–Trinajstić information content (AvgIpc) is 3.73. The number of β-lactam (4-membered cyclic amide) rings is 1. The van der Waals surface area contributed by atoms with Gasteiger partial charge in [0.15, 0.2) is 10.8 Å². The number of carboxylic acids is 1. The summed E-state index contributed by atoms with van der Waals surface area (Å²) in [6.07, 6.45) is -0.457. The molecule has 2 aromatic rings. The molecule has 1 fully saturated rings. The molecule has 5 amide bonds. The van der Waals surface area contributed by atoms with E-state index in [2.05, 4.69) is 46.9 Å². The van der Waals surface area contributed by atoms with Gasteiger partial charge in [-0.3, -0.25) is 19.3 Å². The number of ether oxygens (including phenoxy) is 2. The third-order valence-corrected chi connectivity index (χ3v) is 9.94. The summed E-state index contributed by atoms with van der Waals surface area (Å²) >= 11 is 3.46. The maximum absolute atomic E-state index is 13.5. The molecule has 2 aliphatic rings. The van der Waals surface area contributed by atoms with Crippen LogP contribution in [-0.4, -0.2) is 131 Å². The smallest absolute Gasteiger partial charge is 0.407 e. The van der Waals surface area contributed by atoms with Crippen LogP contribution in [0.2, 0.25) is 0 Å². The molecule has 294 valence electrons. The Hall–Kier alpha value is -4.97. The molecule has 2 atom stereocenters. The first-order chi connectivity index (χ1) is 25.5. The minimum Gasteiger partial charge on any atom is -0.477 e. The number of anilines is 1. The number of hydrogen-bond donors (Lipinski definition) is 5. The lowest BCUT2D eigenvalue weighted by Crippen LogP contribution is -2.71. The van der Waals surface area contributed by atoms with Gasteiger partial charge in [0.25, 0.3) is 11.8 Å². The number of aliphatic carboxylic acids is 1. The number of fused-ring (bicyclic) bond motifs is 1. The normalized spacial score (nSPS) is 17.2. The molecule has 0 spiro atoms. The van der Waals surface area contributed by atoms with Crippen molar-refractivity contribution in [2.75, 3.05) is 36.5 Å². The van der Waals surface area contributed by atoms with Gasteiger partial charge in [0, 0.05) is 36.4 Å². The number of oxime groups is 1. The lowest BCUT2D eigenvalue weighted by molar-refractivity contribution is -0.150. The van der Waals surface area contributed by atoms with Crippen molar-refractivity contribution < 1.29 is 48.2 Å². The largest absolute Gasteiger partial charge is 0.477 e. The number of aromatic nitrogens is 5. The molecule has 4 rings (SSSR count). The van der Waals surface area contributed by atoms with Gasteiger partial charge in [-0.2, -0.15) is 0 Å². The molecule has 21 nitrogen and oxygen atoms in total. The number of nitrogens with one attached hydrogen (secondary N) is 4. The molecule has 54 heavy (non-hydrogen) atoms. The van der Waals surface area contributed by atoms with Gasteiger partial charge in [-0.1, -0.05) is 16.9 Å².